The minimum Gasteiger partial charge on any atom is -0.258 e. The molecule has 0 aromatic heterocycles. The van der Waals surface area contributed by atoms with Crippen LogP contribution in [0.15, 0.2) is 59.5 Å². The SMILES string of the molecule is O=[N+]([O-])c1ccc(S(=O)(=O)NCCC/C=C/c2ccc(F)cc2)cc1. The summed E-state index contributed by atoms with van der Waals surface area (Å²) in [6.07, 6.45) is 4.96. The van der Waals surface area contributed by atoms with Crippen molar-refractivity contribution in [3.05, 3.63) is 76.1 Å². The van der Waals surface area contributed by atoms with Crippen molar-refractivity contribution in [2.24, 2.45) is 0 Å². The summed E-state index contributed by atoms with van der Waals surface area (Å²) in [5.74, 6) is -0.294. The third-order valence-corrected chi connectivity index (χ3v) is 4.85. The van der Waals surface area contributed by atoms with Crippen molar-refractivity contribution in [2.45, 2.75) is 17.7 Å². The normalized spacial score (nSPS) is 11.7. The van der Waals surface area contributed by atoms with E-state index in [0.717, 1.165) is 17.7 Å². The van der Waals surface area contributed by atoms with E-state index in [9.17, 15) is 22.9 Å². The van der Waals surface area contributed by atoms with Gasteiger partial charge in [0.1, 0.15) is 5.82 Å². The van der Waals surface area contributed by atoms with Crippen molar-refractivity contribution in [1.29, 1.82) is 0 Å². The highest BCUT2D eigenvalue weighted by Crippen LogP contribution is 2.15. The first-order chi connectivity index (χ1) is 11.9. The predicted molar refractivity (Wildman–Crippen MR) is 93.0 cm³/mol. The van der Waals surface area contributed by atoms with Gasteiger partial charge in [-0.3, -0.25) is 10.1 Å². The first kappa shape index (κ1) is 18.8. The highest BCUT2D eigenvalue weighted by molar-refractivity contribution is 7.89. The Morgan fingerprint density at radius 2 is 1.72 bits per heavy atom. The van der Waals surface area contributed by atoms with Gasteiger partial charge in [-0.15, -0.1) is 0 Å². The predicted octanol–water partition coefficient (Wildman–Crippen LogP) is 3.51. The number of sulfonamides is 1. The van der Waals surface area contributed by atoms with Crippen LogP contribution in [0.25, 0.3) is 6.08 Å². The van der Waals surface area contributed by atoms with Gasteiger partial charge in [0.2, 0.25) is 10.0 Å². The van der Waals surface area contributed by atoms with Crippen LogP contribution in [0.5, 0.6) is 0 Å². The molecular formula is C17H17FN2O4S. The lowest BCUT2D eigenvalue weighted by Gasteiger charge is -2.05. The van der Waals surface area contributed by atoms with E-state index in [-0.39, 0.29) is 22.9 Å². The van der Waals surface area contributed by atoms with E-state index in [1.54, 1.807) is 12.1 Å². The number of rotatable bonds is 8. The second-order valence-corrected chi connectivity index (χ2v) is 7.01. The number of hydrogen-bond donors (Lipinski definition) is 1. The van der Waals surface area contributed by atoms with E-state index < -0.39 is 14.9 Å². The van der Waals surface area contributed by atoms with Crippen molar-refractivity contribution in [3.63, 3.8) is 0 Å². The Hall–Kier alpha value is -2.58. The zero-order chi connectivity index (χ0) is 18.3. The summed E-state index contributed by atoms with van der Waals surface area (Å²) in [5, 5.41) is 10.6. The van der Waals surface area contributed by atoms with Gasteiger partial charge in [0.15, 0.2) is 0 Å². The van der Waals surface area contributed by atoms with Gasteiger partial charge in [-0.05, 0) is 42.7 Å². The number of nitro groups is 1. The van der Waals surface area contributed by atoms with Crippen molar-refractivity contribution in [1.82, 2.24) is 4.72 Å². The summed E-state index contributed by atoms with van der Waals surface area (Å²) in [5.41, 5.74) is 0.706. The van der Waals surface area contributed by atoms with Crippen molar-refractivity contribution in [3.8, 4) is 0 Å². The highest BCUT2D eigenvalue weighted by atomic mass is 32.2. The van der Waals surface area contributed by atoms with E-state index in [2.05, 4.69) is 4.72 Å². The fourth-order valence-corrected chi connectivity index (χ4v) is 3.12. The van der Waals surface area contributed by atoms with Crippen LogP contribution in [0.1, 0.15) is 18.4 Å². The number of non-ortho nitro benzene ring substituents is 1. The first-order valence-corrected chi connectivity index (χ1v) is 9.03. The fraction of sp³-hybridized carbons (Fsp3) is 0.176. The molecule has 2 aromatic rings. The van der Waals surface area contributed by atoms with Gasteiger partial charge in [-0.2, -0.15) is 0 Å². The maximum Gasteiger partial charge on any atom is 0.269 e. The van der Waals surface area contributed by atoms with Gasteiger partial charge in [0.25, 0.3) is 5.69 Å². The van der Waals surface area contributed by atoms with Gasteiger partial charge in [0.05, 0.1) is 9.82 Å². The summed E-state index contributed by atoms with van der Waals surface area (Å²) >= 11 is 0. The summed E-state index contributed by atoms with van der Waals surface area (Å²) in [6, 6.07) is 10.8. The average Bonchev–Trinajstić information content (AvgIpc) is 2.59. The van der Waals surface area contributed by atoms with Gasteiger partial charge in [-0.25, -0.2) is 17.5 Å². The molecule has 132 valence electrons. The number of nitro benzene ring substituents is 1. The Labute approximate surface area is 145 Å². The lowest BCUT2D eigenvalue weighted by Crippen LogP contribution is -2.24. The van der Waals surface area contributed by atoms with E-state index in [1.807, 2.05) is 12.2 Å². The van der Waals surface area contributed by atoms with Crippen LogP contribution in [0.3, 0.4) is 0 Å². The van der Waals surface area contributed by atoms with Gasteiger partial charge >= 0.3 is 0 Å². The fourth-order valence-electron chi connectivity index (χ4n) is 2.05. The number of nitrogens with one attached hydrogen (secondary N) is 1. The van der Waals surface area contributed by atoms with E-state index >= 15 is 0 Å². The van der Waals surface area contributed by atoms with E-state index in [1.165, 1.54) is 24.3 Å². The molecule has 0 unspecified atom stereocenters. The number of halogens is 1. The molecule has 0 aliphatic carbocycles. The molecule has 0 saturated heterocycles. The second kappa shape index (κ2) is 8.50. The molecule has 25 heavy (non-hydrogen) atoms. The zero-order valence-corrected chi connectivity index (χ0v) is 14.1. The summed E-state index contributed by atoms with van der Waals surface area (Å²) in [6.45, 7) is 0.243. The van der Waals surface area contributed by atoms with Gasteiger partial charge in [-0.1, -0.05) is 24.3 Å². The van der Waals surface area contributed by atoms with Crippen molar-refractivity contribution < 1.29 is 17.7 Å². The molecule has 2 aromatic carbocycles. The Bertz CT molecular complexity index is 847. The standard InChI is InChI=1S/C17H17FN2O4S/c18-15-7-5-14(6-8-15)4-2-1-3-13-19-25(23,24)17-11-9-16(10-12-17)20(21)22/h2,4-12,19H,1,3,13H2/b4-2+. The molecule has 0 radical (unpaired) electrons. The third kappa shape index (κ3) is 5.77. The van der Waals surface area contributed by atoms with Crippen LogP contribution in [-0.2, 0) is 10.0 Å². The molecule has 2 rings (SSSR count). The molecule has 6 nitrogen and oxygen atoms in total. The molecule has 0 heterocycles. The van der Waals surface area contributed by atoms with Gasteiger partial charge < -0.3 is 0 Å². The zero-order valence-electron chi connectivity index (χ0n) is 13.3. The molecule has 0 aliphatic heterocycles. The summed E-state index contributed by atoms with van der Waals surface area (Å²) < 4.78 is 39.3. The van der Waals surface area contributed by atoms with Crippen molar-refractivity contribution >= 4 is 21.8 Å². The van der Waals surface area contributed by atoms with E-state index in [0.29, 0.717) is 12.8 Å². The Morgan fingerprint density at radius 1 is 1.08 bits per heavy atom. The Kier molecular flexibility index (Phi) is 6.37. The highest BCUT2D eigenvalue weighted by Gasteiger charge is 2.14. The largest absolute Gasteiger partial charge is 0.269 e. The molecule has 0 atom stereocenters. The van der Waals surface area contributed by atoms with Crippen LogP contribution >= 0.6 is 0 Å². The third-order valence-electron chi connectivity index (χ3n) is 3.38. The molecular weight excluding hydrogens is 347 g/mol. The minimum atomic E-state index is -3.69. The maximum absolute atomic E-state index is 12.8. The molecule has 0 saturated carbocycles. The smallest absolute Gasteiger partial charge is 0.258 e. The van der Waals surface area contributed by atoms with Crippen LogP contribution in [0, 0.1) is 15.9 Å². The van der Waals surface area contributed by atoms with Gasteiger partial charge in [0, 0.05) is 18.7 Å². The number of hydrogen-bond acceptors (Lipinski definition) is 4. The quantitative estimate of drug-likeness (QED) is 0.441. The monoisotopic (exact) mass is 364 g/mol. The van der Waals surface area contributed by atoms with Crippen LogP contribution in [-0.4, -0.2) is 19.9 Å². The van der Waals surface area contributed by atoms with Crippen molar-refractivity contribution in [2.75, 3.05) is 6.54 Å². The first-order valence-electron chi connectivity index (χ1n) is 7.55. The molecule has 0 bridgehead atoms. The number of nitrogens with zero attached hydrogens (tertiary/aromatic N) is 1. The summed E-state index contributed by atoms with van der Waals surface area (Å²) in [7, 11) is -3.69. The summed E-state index contributed by atoms with van der Waals surface area (Å²) in [4.78, 5) is 9.97. The maximum atomic E-state index is 12.8. The minimum absolute atomic E-state index is 0.0139. The molecule has 0 aliphatic rings. The second-order valence-electron chi connectivity index (χ2n) is 5.24. The Morgan fingerprint density at radius 3 is 2.32 bits per heavy atom. The number of benzene rings is 2. The van der Waals surface area contributed by atoms with Crippen LogP contribution in [0.4, 0.5) is 10.1 Å². The molecule has 8 heteroatoms. The molecule has 0 spiro atoms. The Balaban J connectivity index is 1.80. The van der Waals surface area contributed by atoms with Crippen LogP contribution in [0.2, 0.25) is 0 Å². The topological polar surface area (TPSA) is 89.3 Å². The van der Waals surface area contributed by atoms with Crippen LogP contribution < -0.4 is 4.72 Å². The molecule has 0 amide bonds. The molecule has 0 fully saturated rings. The average molecular weight is 364 g/mol. The van der Waals surface area contributed by atoms with E-state index in [4.69, 9.17) is 0 Å². The number of unbranched alkanes of at least 4 members (excludes halogenated alkanes) is 1. The number of allylic oxidation sites excluding steroid dienone is 1. The lowest BCUT2D eigenvalue weighted by atomic mass is 10.2. The lowest BCUT2D eigenvalue weighted by molar-refractivity contribution is -0.384. The molecule has 1 N–H and O–H groups in total.